The number of benzene rings is 2. The van der Waals surface area contributed by atoms with Crippen molar-refractivity contribution in [2.24, 2.45) is 5.14 Å². The molecule has 0 unspecified atom stereocenters. The fraction of sp³-hybridized carbons (Fsp3) is 0.0625. The van der Waals surface area contributed by atoms with Gasteiger partial charge in [-0.3, -0.25) is 14.9 Å². The van der Waals surface area contributed by atoms with Crippen molar-refractivity contribution in [1.82, 2.24) is 0 Å². The number of nitro benzene ring substituents is 1. The lowest BCUT2D eigenvalue weighted by Crippen LogP contribution is -2.15. The molecule has 8 nitrogen and oxygen atoms in total. The Hall–Kier alpha value is -3.04. The SMILES string of the molecule is Cc1ccc(NC(=O)/C=C/c2ccccc2[N+](=O)[O-])cc1S(N)(=O)=O. The molecule has 1 amide bonds. The molecule has 0 saturated heterocycles. The maximum absolute atomic E-state index is 12.0. The van der Waals surface area contributed by atoms with Crippen molar-refractivity contribution in [2.45, 2.75) is 11.8 Å². The standard InChI is InChI=1S/C16H15N3O5S/c1-11-6-8-13(10-15(11)25(17,23)24)18-16(20)9-7-12-4-2-3-5-14(12)19(21)22/h2-10H,1H3,(H,18,20)(H2,17,23,24)/b9-7+. The van der Waals surface area contributed by atoms with Crippen molar-refractivity contribution in [2.75, 3.05) is 5.32 Å². The van der Waals surface area contributed by atoms with E-state index in [-0.39, 0.29) is 21.8 Å². The summed E-state index contributed by atoms with van der Waals surface area (Å²) < 4.78 is 23.0. The van der Waals surface area contributed by atoms with Gasteiger partial charge in [-0.1, -0.05) is 18.2 Å². The lowest BCUT2D eigenvalue weighted by molar-refractivity contribution is -0.385. The number of carbonyl (C=O) groups excluding carboxylic acids is 1. The van der Waals surface area contributed by atoms with Crippen LogP contribution in [-0.4, -0.2) is 19.2 Å². The smallest absolute Gasteiger partial charge is 0.276 e. The van der Waals surface area contributed by atoms with Crippen LogP contribution >= 0.6 is 0 Å². The van der Waals surface area contributed by atoms with Crippen LogP contribution in [0.25, 0.3) is 6.08 Å². The van der Waals surface area contributed by atoms with Crippen LogP contribution in [0.2, 0.25) is 0 Å². The van der Waals surface area contributed by atoms with E-state index in [0.29, 0.717) is 5.56 Å². The highest BCUT2D eigenvalue weighted by Crippen LogP contribution is 2.20. The highest BCUT2D eigenvalue weighted by molar-refractivity contribution is 7.89. The minimum absolute atomic E-state index is 0.0898. The molecule has 25 heavy (non-hydrogen) atoms. The monoisotopic (exact) mass is 361 g/mol. The topological polar surface area (TPSA) is 132 Å². The van der Waals surface area contributed by atoms with Crippen LogP contribution in [-0.2, 0) is 14.8 Å². The van der Waals surface area contributed by atoms with E-state index in [1.807, 2.05) is 0 Å². The van der Waals surface area contributed by atoms with Gasteiger partial charge in [0.25, 0.3) is 5.69 Å². The number of para-hydroxylation sites is 1. The van der Waals surface area contributed by atoms with E-state index in [1.54, 1.807) is 13.0 Å². The van der Waals surface area contributed by atoms with Gasteiger partial charge in [-0.05, 0) is 36.8 Å². The number of sulfonamides is 1. The van der Waals surface area contributed by atoms with Crippen LogP contribution in [0.15, 0.2) is 53.4 Å². The van der Waals surface area contributed by atoms with Gasteiger partial charge in [0, 0.05) is 17.8 Å². The number of primary sulfonamides is 1. The van der Waals surface area contributed by atoms with E-state index >= 15 is 0 Å². The first kappa shape index (κ1) is 18.3. The second kappa shape index (κ2) is 7.24. The number of rotatable bonds is 5. The Balaban J connectivity index is 2.20. The Kier molecular flexibility index (Phi) is 5.30. The minimum atomic E-state index is -3.91. The van der Waals surface area contributed by atoms with E-state index in [0.717, 1.165) is 6.08 Å². The second-order valence-electron chi connectivity index (χ2n) is 5.16. The van der Waals surface area contributed by atoms with Gasteiger partial charge in [0.05, 0.1) is 15.4 Å². The molecule has 0 heterocycles. The number of aryl methyl sites for hydroxylation is 1. The first-order valence-corrected chi connectivity index (χ1v) is 8.59. The summed E-state index contributed by atoms with van der Waals surface area (Å²) in [5, 5.41) is 18.5. The summed E-state index contributed by atoms with van der Waals surface area (Å²) in [7, 11) is -3.91. The Morgan fingerprint density at radius 3 is 2.56 bits per heavy atom. The van der Waals surface area contributed by atoms with E-state index < -0.39 is 20.9 Å². The van der Waals surface area contributed by atoms with Gasteiger partial charge in [-0.2, -0.15) is 0 Å². The third kappa shape index (κ3) is 4.72. The molecule has 9 heteroatoms. The van der Waals surface area contributed by atoms with Gasteiger partial charge in [0.1, 0.15) is 0 Å². The lowest BCUT2D eigenvalue weighted by atomic mass is 10.1. The van der Waals surface area contributed by atoms with Gasteiger partial charge in [-0.25, -0.2) is 13.6 Å². The molecule has 0 aliphatic rings. The fourth-order valence-electron chi connectivity index (χ4n) is 2.13. The van der Waals surface area contributed by atoms with Gasteiger partial charge < -0.3 is 5.32 Å². The van der Waals surface area contributed by atoms with E-state index in [4.69, 9.17) is 5.14 Å². The molecule has 2 aromatic carbocycles. The van der Waals surface area contributed by atoms with Crippen molar-refractivity contribution in [1.29, 1.82) is 0 Å². The van der Waals surface area contributed by atoms with Crippen LogP contribution in [0.5, 0.6) is 0 Å². The Labute approximate surface area is 144 Å². The number of hydrogen-bond acceptors (Lipinski definition) is 5. The van der Waals surface area contributed by atoms with Gasteiger partial charge in [0.2, 0.25) is 15.9 Å². The zero-order valence-electron chi connectivity index (χ0n) is 13.2. The van der Waals surface area contributed by atoms with Crippen molar-refractivity contribution in [3.05, 3.63) is 69.8 Å². The summed E-state index contributed by atoms with van der Waals surface area (Å²) in [6.45, 7) is 1.58. The zero-order valence-corrected chi connectivity index (χ0v) is 14.0. The molecule has 0 aliphatic heterocycles. The number of nitrogens with one attached hydrogen (secondary N) is 1. The molecular formula is C16H15N3O5S. The molecule has 3 N–H and O–H groups in total. The number of nitrogens with zero attached hydrogens (tertiary/aromatic N) is 1. The van der Waals surface area contributed by atoms with Crippen molar-refractivity contribution < 1.29 is 18.1 Å². The summed E-state index contributed by atoms with van der Waals surface area (Å²) in [4.78, 5) is 22.3. The molecule has 0 bridgehead atoms. The molecule has 130 valence electrons. The maximum atomic E-state index is 12.0. The lowest BCUT2D eigenvalue weighted by Gasteiger charge is -2.07. The maximum Gasteiger partial charge on any atom is 0.276 e. The highest BCUT2D eigenvalue weighted by atomic mass is 32.2. The first-order chi connectivity index (χ1) is 11.7. The summed E-state index contributed by atoms with van der Waals surface area (Å²) in [6, 6.07) is 10.3. The summed E-state index contributed by atoms with van der Waals surface area (Å²) >= 11 is 0. The number of nitrogens with two attached hydrogens (primary N) is 1. The summed E-state index contributed by atoms with van der Waals surface area (Å²) in [5.41, 5.74) is 0.845. The number of anilines is 1. The molecule has 0 aromatic heterocycles. The third-order valence-electron chi connectivity index (χ3n) is 3.31. The van der Waals surface area contributed by atoms with E-state index in [2.05, 4.69) is 5.32 Å². The number of carbonyl (C=O) groups is 1. The van der Waals surface area contributed by atoms with E-state index in [9.17, 15) is 23.3 Å². The molecule has 0 radical (unpaired) electrons. The van der Waals surface area contributed by atoms with Crippen molar-refractivity contribution in [3.8, 4) is 0 Å². The van der Waals surface area contributed by atoms with Gasteiger partial charge in [-0.15, -0.1) is 0 Å². The molecule has 0 fully saturated rings. The third-order valence-corrected chi connectivity index (χ3v) is 4.36. The second-order valence-corrected chi connectivity index (χ2v) is 6.69. The molecule has 2 aromatic rings. The van der Waals surface area contributed by atoms with Gasteiger partial charge in [0.15, 0.2) is 0 Å². The zero-order chi connectivity index (χ0) is 18.6. The molecule has 0 saturated carbocycles. The van der Waals surface area contributed by atoms with Crippen molar-refractivity contribution in [3.63, 3.8) is 0 Å². The minimum Gasteiger partial charge on any atom is -0.322 e. The quantitative estimate of drug-likeness (QED) is 0.478. The predicted molar refractivity (Wildman–Crippen MR) is 93.3 cm³/mol. The summed E-state index contributed by atoms with van der Waals surface area (Å²) in [6.07, 6.45) is 2.43. The average Bonchev–Trinajstić information content (AvgIpc) is 2.54. The van der Waals surface area contributed by atoms with Crippen LogP contribution in [0.3, 0.4) is 0 Å². The highest BCUT2D eigenvalue weighted by Gasteiger charge is 2.13. The predicted octanol–water partition coefficient (Wildman–Crippen LogP) is 2.20. The number of amides is 1. The van der Waals surface area contributed by atoms with E-state index in [1.165, 1.54) is 42.5 Å². The molecule has 0 aliphatic carbocycles. The van der Waals surface area contributed by atoms with Crippen LogP contribution in [0.4, 0.5) is 11.4 Å². The Bertz CT molecular complexity index is 967. The van der Waals surface area contributed by atoms with Gasteiger partial charge >= 0.3 is 0 Å². The Morgan fingerprint density at radius 1 is 1.24 bits per heavy atom. The number of nitro groups is 1. The molecule has 2 rings (SSSR count). The van der Waals surface area contributed by atoms with Crippen LogP contribution in [0.1, 0.15) is 11.1 Å². The first-order valence-electron chi connectivity index (χ1n) is 7.04. The average molecular weight is 361 g/mol. The van der Waals surface area contributed by atoms with Crippen LogP contribution in [0, 0.1) is 17.0 Å². The summed E-state index contributed by atoms with van der Waals surface area (Å²) in [5.74, 6) is -0.567. The molecule has 0 spiro atoms. The Morgan fingerprint density at radius 2 is 1.92 bits per heavy atom. The number of hydrogen-bond donors (Lipinski definition) is 2. The molecular weight excluding hydrogens is 346 g/mol. The fourth-order valence-corrected chi connectivity index (χ4v) is 2.94. The molecule has 0 atom stereocenters. The van der Waals surface area contributed by atoms with Crippen LogP contribution < -0.4 is 10.5 Å². The largest absolute Gasteiger partial charge is 0.322 e. The van der Waals surface area contributed by atoms with Crippen molar-refractivity contribution >= 4 is 33.4 Å². The normalized spacial score (nSPS) is 11.4.